The van der Waals surface area contributed by atoms with Gasteiger partial charge in [0.05, 0.1) is 29.1 Å². The van der Waals surface area contributed by atoms with Crippen molar-refractivity contribution in [2.75, 3.05) is 25.6 Å². The summed E-state index contributed by atoms with van der Waals surface area (Å²) in [6.07, 6.45) is 0.657. The first kappa shape index (κ1) is 12.0. The molecule has 1 aromatic rings. The standard InChI is InChI=1S/C10H14IN3O2/c1-2-6-8(11)9(12)14-10(13-6)7-5-15-3-4-16-7/h7H,2-5H2,1H3,(H2,12,13,14). The molecular formula is C10H14IN3O2. The van der Waals surface area contributed by atoms with Gasteiger partial charge in [0.25, 0.3) is 0 Å². The van der Waals surface area contributed by atoms with E-state index in [0.717, 1.165) is 15.7 Å². The number of hydrogen-bond acceptors (Lipinski definition) is 5. The fourth-order valence-electron chi connectivity index (χ4n) is 1.55. The number of rotatable bonds is 2. The molecule has 0 aliphatic carbocycles. The summed E-state index contributed by atoms with van der Waals surface area (Å²) in [5.74, 6) is 1.16. The van der Waals surface area contributed by atoms with Gasteiger partial charge in [-0.2, -0.15) is 0 Å². The first-order valence-electron chi connectivity index (χ1n) is 5.23. The molecule has 1 aliphatic heterocycles. The van der Waals surface area contributed by atoms with Gasteiger partial charge in [-0.05, 0) is 29.0 Å². The Hall–Kier alpha value is -0.470. The molecule has 6 heteroatoms. The van der Waals surface area contributed by atoms with Crippen LogP contribution in [0.15, 0.2) is 0 Å². The monoisotopic (exact) mass is 335 g/mol. The minimum absolute atomic E-state index is 0.182. The summed E-state index contributed by atoms with van der Waals surface area (Å²) in [6, 6.07) is 0. The van der Waals surface area contributed by atoms with E-state index in [1.807, 2.05) is 6.92 Å². The van der Waals surface area contributed by atoms with E-state index in [0.29, 0.717) is 31.5 Å². The van der Waals surface area contributed by atoms with Crippen molar-refractivity contribution < 1.29 is 9.47 Å². The van der Waals surface area contributed by atoms with Crippen LogP contribution in [0.25, 0.3) is 0 Å². The quantitative estimate of drug-likeness (QED) is 0.826. The summed E-state index contributed by atoms with van der Waals surface area (Å²) in [5, 5.41) is 0. The van der Waals surface area contributed by atoms with Gasteiger partial charge in [-0.25, -0.2) is 9.97 Å². The zero-order valence-corrected chi connectivity index (χ0v) is 11.2. The van der Waals surface area contributed by atoms with Crippen LogP contribution in [0.1, 0.15) is 24.5 Å². The molecule has 1 saturated heterocycles. The summed E-state index contributed by atoms with van der Waals surface area (Å²) in [5.41, 5.74) is 6.82. The number of nitrogens with zero attached hydrogens (tertiary/aromatic N) is 2. The number of ether oxygens (including phenoxy) is 2. The van der Waals surface area contributed by atoms with Crippen molar-refractivity contribution in [2.45, 2.75) is 19.4 Å². The highest BCUT2D eigenvalue weighted by Gasteiger charge is 2.21. The maximum absolute atomic E-state index is 5.85. The molecule has 16 heavy (non-hydrogen) atoms. The normalized spacial score (nSPS) is 21.0. The van der Waals surface area contributed by atoms with E-state index >= 15 is 0 Å². The second-order valence-electron chi connectivity index (χ2n) is 3.52. The predicted molar refractivity (Wildman–Crippen MR) is 68.1 cm³/mol. The summed E-state index contributed by atoms with van der Waals surface area (Å²) < 4.78 is 11.8. The number of nitrogen functional groups attached to an aromatic ring is 1. The van der Waals surface area contributed by atoms with E-state index < -0.39 is 0 Å². The number of halogens is 1. The Labute approximate surface area is 108 Å². The van der Waals surface area contributed by atoms with Crippen LogP contribution >= 0.6 is 22.6 Å². The molecule has 0 saturated carbocycles. The zero-order valence-electron chi connectivity index (χ0n) is 9.07. The van der Waals surface area contributed by atoms with Crippen LogP contribution in [0.2, 0.25) is 0 Å². The minimum Gasteiger partial charge on any atom is -0.383 e. The van der Waals surface area contributed by atoms with E-state index in [2.05, 4.69) is 32.6 Å². The number of nitrogens with two attached hydrogens (primary N) is 1. The maximum atomic E-state index is 5.85. The molecule has 1 aromatic heterocycles. The second kappa shape index (κ2) is 5.24. The van der Waals surface area contributed by atoms with Gasteiger partial charge >= 0.3 is 0 Å². The topological polar surface area (TPSA) is 70.3 Å². The fourth-order valence-corrected chi connectivity index (χ4v) is 2.17. The molecule has 0 amide bonds. The summed E-state index contributed by atoms with van der Waals surface area (Å²) in [4.78, 5) is 8.73. The molecule has 1 aliphatic rings. The molecule has 0 bridgehead atoms. The van der Waals surface area contributed by atoms with E-state index in [1.54, 1.807) is 0 Å². The molecule has 2 N–H and O–H groups in total. The van der Waals surface area contributed by atoms with Crippen molar-refractivity contribution in [3.05, 3.63) is 15.1 Å². The molecule has 2 heterocycles. The van der Waals surface area contributed by atoms with Crippen LogP contribution in [0.4, 0.5) is 5.82 Å². The third-order valence-corrected chi connectivity index (χ3v) is 3.58. The van der Waals surface area contributed by atoms with Gasteiger partial charge in [-0.3, -0.25) is 0 Å². The molecule has 88 valence electrons. The zero-order chi connectivity index (χ0) is 11.5. The van der Waals surface area contributed by atoms with Crippen molar-refractivity contribution in [3.63, 3.8) is 0 Å². The van der Waals surface area contributed by atoms with Gasteiger partial charge in [-0.15, -0.1) is 0 Å². The van der Waals surface area contributed by atoms with Crippen LogP contribution in [0.3, 0.4) is 0 Å². The van der Waals surface area contributed by atoms with Gasteiger partial charge in [0.2, 0.25) is 0 Å². The van der Waals surface area contributed by atoms with E-state index in [9.17, 15) is 0 Å². The van der Waals surface area contributed by atoms with Crippen molar-refractivity contribution in [2.24, 2.45) is 0 Å². The Kier molecular flexibility index (Phi) is 3.93. The van der Waals surface area contributed by atoms with Crippen LogP contribution in [-0.2, 0) is 15.9 Å². The number of anilines is 1. The highest BCUT2D eigenvalue weighted by Crippen LogP contribution is 2.22. The lowest BCUT2D eigenvalue weighted by molar-refractivity contribution is -0.0935. The fraction of sp³-hybridized carbons (Fsp3) is 0.600. The molecular weight excluding hydrogens is 321 g/mol. The highest BCUT2D eigenvalue weighted by molar-refractivity contribution is 14.1. The number of aryl methyl sites for hydroxylation is 1. The van der Waals surface area contributed by atoms with Gasteiger partial charge < -0.3 is 15.2 Å². The van der Waals surface area contributed by atoms with Crippen LogP contribution in [0.5, 0.6) is 0 Å². The van der Waals surface area contributed by atoms with Crippen LogP contribution < -0.4 is 5.73 Å². The first-order valence-corrected chi connectivity index (χ1v) is 6.31. The Balaban J connectivity index is 2.29. The molecule has 0 aromatic carbocycles. The van der Waals surface area contributed by atoms with Crippen molar-refractivity contribution in [1.82, 2.24) is 9.97 Å². The van der Waals surface area contributed by atoms with Gasteiger partial charge in [0.15, 0.2) is 5.82 Å². The average molecular weight is 335 g/mol. The summed E-state index contributed by atoms with van der Waals surface area (Å²) in [6.45, 7) is 3.77. The molecule has 1 unspecified atom stereocenters. The number of hydrogen-bond donors (Lipinski definition) is 1. The molecule has 0 radical (unpaired) electrons. The van der Waals surface area contributed by atoms with Crippen LogP contribution in [0, 0.1) is 3.57 Å². The SMILES string of the molecule is CCc1nc(C2COCCO2)nc(N)c1I. The lowest BCUT2D eigenvalue weighted by Crippen LogP contribution is -2.24. The average Bonchev–Trinajstić information content (AvgIpc) is 2.33. The van der Waals surface area contributed by atoms with Gasteiger partial charge in [0, 0.05) is 0 Å². The maximum Gasteiger partial charge on any atom is 0.162 e. The molecule has 5 nitrogen and oxygen atoms in total. The highest BCUT2D eigenvalue weighted by atomic mass is 127. The minimum atomic E-state index is -0.182. The molecule has 1 atom stereocenters. The van der Waals surface area contributed by atoms with Crippen molar-refractivity contribution in [1.29, 1.82) is 0 Å². The summed E-state index contributed by atoms with van der Waals surface area (Å²) >= 11 is 2.17. The smallest absolute Gasteiger partial charge is 0.162 e. The van der Waals surface area contributed by atoms with Crippen molar-refractivity contribution in [3.8, 4) is 0 Å². The molecule has 0 spiro atoms. The van der Waals surface area contributed by atoms with Gasteiger partial charge in [-0.1, -0.05) is 6.92 Å². The van der Waals surface area contributed by atoms with Gasteiger partial charge in [0.1, 0.15) is 11.9 Å². The first-order chi connectivity index (χ1) is 7.72. The lowest BCUT2D eigenvalue weighted by atomic mass is 10.2. The number of aromatic nitrogens is 2. The second-order valence-corrected chi connectivity index (χ2v) is 4.59. The Morgan fingerprint density at radius 1 is 1.44 bits per heavy atom. The largest absolute Gasteiger partial charge is 0.383 e. The summed E-state index contributed by atoms with van der Waals surface area (Å²) in [7, 11) is 0. The third-order valence-electron chi connectivity index (χ3n) is 2.40. The Bertz CT molecular complexity index is 381. The Morgan fingerprint density at radius 3 is 2.88 bits per heavy atom. The van der Waals surface area contributed by atoms with E-state index in [4.69, 9.17) is 15.2 Å². The Morgan fingerprint density at radius 2 is 2.25 bits per heavy atom. The molecule has 1 fully saturated rings. The third kappa shape index (κ3) is 2.44. The molecule has 2 rings (SSSR count). The predicted octanol–water partition coefficient (Wildman–Crippen LogP) is 1.31. The lowest BCUT2D eigenvalue weighted by Gasteiger charge is -2.22. The van der Waals surface area contributed by atoms with Crippen molar-refractivity contribution >= 4 is 28.4 Å². The van der Waals surface area contributed by atoms with Crippen LogP contribution in [-0.4, -0.2) is 29.8 Å². The van der Waals surface area contributed by atoms with E-state index in [1.165, 1.54) is 0 Å². The van der Waals surface area contributed by atoms with E-state index in [-0.39, 0.29) is 6.10 Å².